The van der Waals surface area contributed by atoms with E-state index in [9.17, 15) is 8.78 Å². The summed E-state index contributed by atoms with van der Waals surface area (Å²) in [5.41, 5.74) is 1.09. The number of rotatable bonds is 2. The molecule has 1 fully saturated rings. The molecule has 1 aromatic heterocycles. The van der Waals surface area contributed by atoms with Gasteiger partial charge in [-0.05, 0) is 30.9 Å². The standard InChI is InChI=1S/C16H16F2N2/c1-2-11-4-7-20(8-5-11)15-3-6-19-16-13(15)9-12(17)10-14(16)18/h2-3,6,9-11H,1,4-5,7-8H2. The molecule has 0 aliphatic carbocycles. The van der Waals surface area contributed by atoms with Gasteiger partial charge in [0.2, 0.25) is 0 Å². The van der Waals surface area contributed by atoms with Gasteiger partial charge in [-0.3, -0.25) is 4.98 Å². The van der Waals surface area contributed by atoms with Crippen LogP contribution in [0.3, 0.4) is 0 Å². The fourth-order valence-electron chi connectivity index (χ4n) is 2.82. The lowest BCUT2D eigenvalue weighted by molar-refractivity contribution is 0.480. The van der Waals surface area contributed by atoms with E-state index in [-0.39, 0.29) is 5.52 Å². The number of hydrogen-bond donors (Lipinski definition) is 0. The SMILES string of the molecule is C=CC1CCN(c2ccnc3c(F)cc(F)cc23)CC1. The number of nitrogens with zero attached hydrogens (tertiary/aromatic N) is 2. The monoisotopic (exact) mass is 274 g/mol. The molecule has 1 aromatic carbocycles. The van der Waals surface area contributed by atoms with Crippen molar-refractivity contribution >= 4 is 16.6 Å². The van der Waals surface area contributed by atoms with E-state index >= 15 is 0 Å². The summed E-state index contributed by atoms with van der Waals surface area (Å²) in [4.78, 5) is 6.19. The van der Waals surface area contributed by atoms with Crippen molar-refractivity contribution in [3.05, 3.63) is 48.7 Å². The number of anilines is 1. The molecule has 0 saturated carbocycles. The third kappa shape index (κ3) is 2.26. The molecule has 0 spiro atoms. The molecule has 1 saturated heterocycles. The highest BCUT2D eigenvalue weighted by atomic mass is 19.1. The lowest BCUT2D eigenvalue weighted by atomic mass is 9.96. The Hall–Kier alpha value is -1.97. The lowest BCUT2D eigenvalue weighted by Gasteiger charge is -2.33. The van der Waals surface area contributed by atoms with Crippen LogP contribution in [0, 0.1) is 17.6 Å². The van der Waals surface area contributed by atoms with Gasteiger partial charge in [-0.2, -0.15) is 0 Å². The Labute approximate surface area is 116 Å². The van der Waals surface area contributed by atoms with Crippen molar-refractivity contribution in [1.82, 2.24) is 4.98 Å². The average Bonchev–Trinajstić information content (AvgIpc) is 2.47. The van der Waals surface area contributed by atoms with Crippen LogP contribution in [0.1, 0.15) is 12.8 Å². The second kappa shape index (κ2) is 5.19. The zero-order valence-electron chi connectivity index (χ0n) is 11.1. The molecule has 0 radical (unpaired) electrons. The normalized spacial score (nSPS) is 16.6. The molecule has 2 aromatic rings. The maximum Gasteiger partial charge on any atom is 0.152 e. The molecule has 1 aliphatic rings. The molecule has 4 heteroatoms. The van der Waals surface area contributed by atoms with E-state index in [0.717, 1.165) is 37.7 Å². The second-order valence-electron chi connectivity index (χ2n) is 5.17. The molecule has 0 N–H and O–H groups in total. The number of aromatic nitrogens is 1. The van der Waals surface area contributed by atoms with Crippen LogP contribution < -0.4 is 4.90 Å². The van der Waals surface area contributed by atoms with E-state index in [4.69, 9.17) is 0 Å². The second-order valence-corrected chi connectivity index (χ2v) is 5.17. The lowest BCUT2D eigenvalue weighted by Crippen LogP contribution is -2.33. The third-order valence-electron chi connectivity index (χ3n) is 3.95. The van der Waals surface area contributed by atoms with Crippen molar-refractivity contribution in [3.8, 4) is 0 Å². The van der Waals surface area contributed by atoms with Crippen LogP contribution in [0.25, 0.3) is 10.9 Å². The van der Waals surface area contributed by atoms with E-state index < -0.39 is 11.6 Å². The smallest absolute Gasteiger partial charge is 0.152 e. The minimum Gasteiger partial charge on any atom is -0.371 e. The van der Waals surface area contributed by atoms with Gasteiger partial charge >= 0.3 is 0 Å². The molecule has 2 nitrogen and oxygen atoms in total. The van der Waals surface area contributed by atoms with Crippen molar-refractivity contribution in [3.63, 3.8) is 0 Å². The van der Waals surface area contributed by atoms with Gasteiger partial charge in [0.25, 0.3) is 0 Å². The predicted molar refractivity (Wildman–Crippen MR) is 76.8 cm³/mol. The fraction of sp³-hybridized carbons (Fsp3) is 0.312. The van der Waals surface area contributed by atoms with Gasteiger partial charge in [0.05, 0.1) is 0 Å². The van der Waals surface area contributed by atoms with Crippen molar-refractivity contribution < 1.29 is 8.78 Å². The van der Waals surface area contributed by atoms with Crippen LogP contribution in [-0.4, -0.2) is 18.1 Å². The van der Waals surface area contributed by atoms with Gasteiger partial charge in [-0.1, -0.05) is 6.08 Å². The van der Waals surface area contributed by atoms with E-state index in [1.807, 2.05) is 12.1 Å². The van der Waals surface area contributed by atoms with Crippen molar-refractivity contribution in [2.24, 2.45) is 5.92 Å². The Morgan fingerprint density at radius 2 is 2.00 bits per heavy atom. The Bertz CT molecular complexity index is 646. The summed E-state index contributed by atoms with van der Waals surface area (Å²) in [5.74, 6) is -0.638. The molecule has 0 unspecified atom stereocenters. The number of hydrogen-bond acceptors (Lipinski definition) is 2. The molecular formula is C16H16F2N2. The first-order chi connectivity index (χ1) is 9.69. The Balaban J connectivity index is 2.02. The van der Waals surface area contributed by atoms with Gasteiger partial charge in [0, 0.05) is 36.4 Å². The first-order valence-electron chi connectivity index (χ1n) is 6.80. The minimum absolute atomic E-state index is 0.231. The number of pyridine rings is 1. The summed E-state index contributed by atoms with van der Waals surface area (Å²) < 4.78 is 27.2. The van der Waals surface area contributed by atoms with Gasteiger partial charge in [0.15, 0.2) is 5.82 Å². The highest BCUT2D eigenvalue weighted by Gasteiger charge is 2.19. The van der Waals surface area contributed by atoms with Crippen LogP contribution in [0.5, 0.6) is 0 Å². The summed E-state index contributed by atoms with van der Waals surface area (Å²) in [5, 5.41) is 0.544. The average molecular weight is 274 g/mol. The van der Waals surface area contributed by atoms with Crippen LogP contribution in [0.15, 0.2) is 37.1 Å². The molecular weight excluding hydrogens is 258 g/mol. The van der Waals surface area contributed by atoms with Gasteiger partial charge in [-0.15, -0.1) is 6.58 Å². The number of fused-ring (bicyclic) bond motifs is 1. The number of benzene rings is 1. The van der Waals surface area contributed by atoms with Crippen LogP contribution >= 0.6 is 0 Å². The van der Waals surface area contributed by atoms with Crippen LogP contribution in [-0.2, 0) is 0 Å². The van der Waals surface area contributed by atoms with E-state index in [2.05, 4.69) is 16.5 Å². The zero-order chi connectivity index (χ0) is 14.1. The number of piperidine rings is 1. The maximum atomic E-state index is 13.8. The summed E-state index contributed by atoms with van der Waals surface area (Å²) in [6.07, 6.45) is 5.61. The number of halogens is 2. The highest BCUT2D eigenvalue weighted by Crippen LogP contribution is 2.31. The van der Waals surface area contributed by atoms with Crippen LogP contribution in [0.4, 0.5) is 14.5 Å². The molecule has 104 valence electrons. The van der Waals surface area contributed by atoms with Gasteiger partial charge < -0.3 is 4.90 Å². The van der Waals surface area contributed by atoms with Crippen molar-refractivity contribution in [2.45, 2.75) is 12.8 Å². The topological polar surface area (TPSA) is 16.1 Å². The molecule has 0 amide bonds. The minimum atomic E-state index is -0.608. The fourth-order valence-corrected chi connectivity index (χ4v) is 2.82. The van der Waals surface area contributed by atoms with E-state index in [0.29, 0.717) is 11.3 Å². The van der Waals surface area contributed by atoms with Crippen molar-refractivity contribution in [1.29, 1.82) is 0 Å². The quantitative estimate of drug-likeness (QED) is 0.772. The number of allylic oxidation sites excluding steroid dienone is 1. The highest BCUT2D eigenvalue weighted by molar-refractivity contribution is 5.92. The molecule has 2 heterocycles. The predicted octanol–water partition coefficient (Wildman–Crippen LogP) is 3.92. The Kier molecular flexibility index (Phi) is 3.38. The summed E-state index contributed by atoms with van der Waals surface area (Å²) >= 11 is 0. The summed E-state index contributed by atoms with van der Waals surface area (Å²) in [6, 6.07) is 4.07. The first-order valence-corrected chi connectivity index (χ1v) is 6.80. The molecule has 0 bridgehead atoms. The zero-order valence-corrected chi connectivity index (χ0v) is 11.1. The van der Waals surface area contributed by atoms with E-state index in [1.165, 1.54) is 6.07 Å². The largest absolute Gasteiger partial charge is 0.371 e. The summed E-state index contributed by atoms with van der Waals surface area (Å²) in [7, 11) is 0. The van der Waals surface area contributed by atoms with Gasteiger partial charge in [0.1, 0.15) is 11.3 Å². The molecule has 20 heavy (non-hydrogen) atoms. The van der Waals surface area contributed by atoms with Crippen molar-refractivity contribution in [2.75, 3.05) is 18.0 Å². The van der Waals surface area contributed by atoms with Gasteiger partial charge in [-0.25, -0.2) is 8.78 Å². The summed E-state index contributed by atoms with van der Waals surface area (Å²) in [6.45, 7) is 5.57. The van der Waals surface area contributed by atoms with Crippen LogP contribution in [0.2, 0.25) is 0 Å². The van der Waals surface area contributed by atoms with E-state index in [1.54, 1.807) is 6.20 Å². The Morgan fingerprint density at radius 3 is 2.70 bits per heavy atom. The molecule has 0 atom stereocenters. The maximum absolute atomic E-state index is 13.8. The third-order valence-corrected chi connectivity index (χ3v) is 3.95. The molecule has 3 rings (SSSR count). The first kappa shape index (κ1) is 13.0. The molecule has 1 aliphatic heterocycles. The Morgan fingerprint density at radius 1 is 1.25 bits per heavy atom.